The highest BCUT2D eigenvalue weighted by Gasteiger charge is 2.38. The lowest BCUT2D eigenvalue weighted by Crippen LogP contribution is -2.59. The Morgan fingerprint density at radius 2 is 2.06 bits per heavy atom. The standard InChI is InChI=1S/C15H21FN2/c1-12-5-4-6-13(14(12)16)18-10-9-17-15(11-18)7-2-3-8-15/h4-6,17H,2-3,7-11H2,1H3. The Balaban J connectivity index is 1.85. The van der Waals surface area contributed by atoms with Gasteiger partial charge in [0.15, 0.2) is 0 Å². The highest BCUT2D eigenvalue weighted by atomic mass is 19.1. The van der Waals surface area contributed by atoms with Crippen molar-refractivity contribution in [3.05, 3.63) is 29.6 Å². The van der Waals surface area contributed by atoms with Crippen LogP contribution in [0.15, 0.2) is 18.2 Å². The third kappa shape index (κ3) is 2.01. The molecule has 1 aromatic rings. The lowest BCUT2D eigenvalue weighted by molar-refractivity contribution is 0.302. The first-order valence-electron chi connectivity index (χ1n) is 6.95. The molecular formula is C15H21FN2. The Kier molecular flexibility index (Phi) is 3.02. The minimum absolute atomic E-state index is 0.0486. The zero-order valence-electron chi connectivity index (χ0n) is 11.0. The number of benzene rings is 1. The monoisotopic (exact) mass is 248 g/mol. The first-order valence-corrected chi connectivity index (χ1v) is 6.95. The second-order valence-electron chi connectivity index (χ2n) is 5.74. The molecule has 1 saturated carbocycles. The second kappa shape index (κ2) is 4.54. The highest BCUT2D eigenvalue weighted by Crippen LogP contribution is 2.34. The summed E-state index contributed by atoms with van der Waals surface area (Å²) in [6.07, 6.45) is 5.07. The average Bonchev–Trinajstić information content (AvgIpc) is 2.81. The fourth-order valence-corrected chi connectivity index (χ4v) is 3.42. The summed E-state index contributed by atoms with van der Waals surface area (Å²) < 4.78 is 14.2. The fraction of sp³-hybridized carbons (Fsp3) is 0.600. The highest BCUT2D eigenvalue weighted by molar-refractivity contribution is 5.51. The number of piperazine rings is 1. The van der Waals surface area contributed by atoms with Crippen LogP contribution in [0.3, 0.4) is 0 Å². The number of rotatable bonds is 1. The number of nitrogens with one attached hydrogen (secondary N) is 1. The quantitative estimate of drug-likeness (QED) is 0.822. The molecule has 2 aliphatic rings. The summed E-state index contributed by atoms with van der Waals surface area (Å²) in [5, 5.41) is 3.66. The normalized spacial score (nSPS) is 22.7. The first kappa shape index (κ1) is 12.0. The van der Waals surface area contributed by atoms with Crippen molar-refractivity contribution >= 4 is 5.69 Å². The summed E-state index contributed by atoms with van der Waals surface area (Å²) in [5.74, 6) is -0.0486. The number of aryl methyl sites for hydroxylation is 1. The van der Waals surface area contributed by atoms with Crippen LogP contribution in [-0.4, -0.2) is 25.2 Å². The first-order chi connectivity index (χ1) is 8.70. The van der Waals surface area contributed by atoms with E-state index in [1.807, 2.05) is 25.1 Å². The van der Waals surface area contributed by atoms with Crippen LogP contribution in [0.25, 0.3) is 0 Å². The minimum atomic E-state index is -0.0486. The van der Waals surface area contributed by atoms with Gasteiger partial charge in [-0.15, -0.1) is 0 Å². The van der Waals surface area contributed by atoms with Gasteiger partial charge in [0.1, 0.15) is 5.82 Å². The SMILES string of the molecule is Cc1cccc(N2CCNC3(CCCC3)C2)c1F. The van der Waals surface area contributed by atoms with Crippen LogP contribution in [0.4, 0.5) is 10.1 Å². The van der Waals surface area contributed by atoms with E-state index in [1.165, 1.54) is 25.7 Å². The van der Waals surface area contributed by atoms with Crippen molar-refractivity contribution < 1.29 is 4.39 Å². The molecule has 0 bridgehead atoms. The van der Waals surface area contributed by atoms with Gasteiger partial charge < -0.3 is 10.2 Å². The van der Waals surface area contributed by atoms with E-state index in [-0.39, 0.29) is 11.4 Å². The number of nitrogens with zero attached hydrogens (tertiary/aromatic N) is 1. The van der Waals surface area contributed by atoms with E-state index in [1.54, 1.807) is 0 Å². The summed E-state index contributed by atoms with van der Waals surface area (Å²) in [6.45, 7) is 4.66. The third-order valence-electron chi connectivity index (χ3n) is 4.45. The molecule has 0 amide bonds. The largest absolute Gasteiger partial charge is 0.366 e. The van der Waals surface area contributed by atoms with Crippen LogP contribution in [0, 0.1) is 12.7 Å². The molecule has 1 aliphatic heterocycles. The molecule has 98 valence electrons. The molecule has 2 fully saturated rings. The molecule has 1 aromatic carbocycles. The van der Waals surface area contributed by atoms with Gasteiger partial charge in [-0.05, 0) is 31.4 Å². The molecule has 18 heavy (non-hydrogen) atoms. The molecule has 0 radical (unpaired) electrons. The van der Waals surface area contributed by atoms with Crippen LogP contribution in [0.1, 0.15) is 31.2 Å². The molecule has 3 heteroatoms. The molecule has 0 aromatic heterocycles. The molecule has 2 nitrogen and oxygen atoms in total. The zero-order chi connectivity index (χ0) is 12.6. The van der Waals surface area contributed by atoms with E-state index in [4.69, 9.17) is 0 Å². The summed E-state index contributed by atoms with van der Waals surface area (Å²) in [6, 6.07) is 5.71. The summed E-state index contributed by atoms with van der Waals surface area (Å²) >= 11 is 0. The van der Waals surface area contributed by atoms with Gasteiger partial charge >= 0.3 is 0 Å². The Hall–Kier alpha value is -1.09. The third-order valence-corrected chi connectivity index (χ3v) is 4.45. The lowest BCUT2D eigenvalue weighted by atomic mass is 9.94. The van der Waals surface area contributed by atoms with Crippen molar-refractivity contribution in [2.24, 2.45) is 0 Å². The molecule has 0 unspecified atom stereocenters. The van der Waals surface area contributed by atoms with Crippen molar-refractivity contribution in [1.29, 1.82) is 0 Å². The Morgan fingerprint density at radius 3 is 2.83 bits per heavy atom. The molecule has 0 atom stereocenters. The van der Waals surface area contributed by atoms with Crippen molar-refractivity contribution in [1.82, 2.24) is 5.32 Å². The van der Waals surface area contributed by atoms with Crippen LogP contribution >= 0.6 is 0 Å². The number of hydrogen-bond acceptors (Lipinski definition) is 2. The molecule has 1 N–H and O–H groups in total. The van der Waals surface area contributed by atoms with Gasteiger partial charge in [0.2, 0.25) is 0 Å². The van der Waals surface area contributed by atoms with Gasteiger partial charge in [-0.3, -0.25) is 0 Å². The second-order valence-corrected chi connectivity index (χ2v) is 5.74. The molecule has 3 rings (SSSR count). The molecule has 1 heterocycles. The van der Waals surface area contributed by atoms with Gasteiger partial charge in [0, 0.05) is 25.2 Å². The number of anilines is 1. The topological polar surface area (TPSA) is 15.3 Å². The molecule has 1 aliphatic carbocycles. The van der Waals surface area contributed by atoms with E-state index >= 15 is 0 Å². The van der Waals surface area contributed by atoms with Crippen molar-refractivity contribution in [2.45, 2.75) is 38.1 Å². The van der Waals surface area contributed by atoms with Gasteiger partial charge in [0.05, 0.1) is 5.69 Å². The van der Waals surface area contributed by atoms with Crippen molar-refractivity contribution in [3.8, 4) is 0 Å². The van der Waals surface area contributed by atoms with Crippen LogP contribution < -0.4 is 10.2 Å². The zero-order valence-corrected chi connectivity index (χ0v) is 11.0. The van der Waals surface area contributed by atoms with E-state index in [0.29, 0.717) is 0 Å². The van der Waals surface area contributed by atoms with Gasteiger partial charge in [-0.25, -0.2) is 4.39 Å². The molecule has 1 saturated heterocycles. The predicted octanol–water partition coefficient (Wildman–Crippen LogP) is 2.86. The lowest BCUT2D eigenvalue weighted by Gasteiger charge is -2.42. The molecular weight excluding hydrogens is 227 g/mol. The Labute approximate surface area is 108 Å². The van der Waals surface area contributed by atoms with E-state index in [9.17, 15) is 4.39 Å². The summed E-state index contributed by atoms with van der Waals surface area (Å²) in [5.41, 5.74) is 1.77. The van der Waals surface area contributed by atoms with Crippen LogP contribution in [0.5, 0.6) is 0 Å². The maximum atomic E-state index is 14.2. The average molecular weight is 248 g/mol. The van der Waals surface area contributed by atoms with Gasteiger partial charge in [0.25, 0.3) is 0 Å². The predicted molar refractivity (Wildman–Crippen MR) is 72.6 cm³/mol. The Morgan fingerprint density at radius 1 is 1.28 bits per heavy atom. The maximum Gasteiger partial charge on any atom is 0.149 e. The van der Waals surface area contributed by atoms with E-state index in [0.717, 1.165) is 30.9 Å². The van der Waals surface area contributed by atoms with E-state index in [2.05, 4.69) is 10.2 Å². The van der Waals surface area contributed by atoms with Crippen molar-refractivity contribution in [2.75, 3.05) is 24.5 Å². The fourth-order valence-electron chi connectivity index (χ4n) is 3.42. The van der Waals surface area contributed by atoms with Crippen molar-refractivity contribution in [3.63, 3.8) is 0 Å². The van der Waals surface area contributed by atoms with E-state index < -0.39 is 0 Å². The van der Waals surface area contributed by atoms with Crippen LogP contribution in [0.2, 0.25) is 0 Å². The number of halogens is 1. The van der Waals surface area contributed by atoms with Gasteiger partial charge in [-0.2, -0.15) is 0 Å². The van der Waals surface area contributed by atoms with Gasteiger partial charge in [-0.1, -0.05) is 25.0 Å². The van der Waals surface area contributed by atoms with Crippen LogP contribution in [-0.2, 0) is 0 Å². The number of hydrogen-bond donors (Lipinski definition) is 1. The Bertz CT molecular complexity index is 438. The summed E-state index contributed by atoms with van der Waals surface area (Å²) in [4.78, 5) is 2.23. The molecule has 1 spiro atoms. The summed E-state index contributed by atoms with van der Waals surface area (Å²) in [7, 11) is 0. The minimum Gasteiger partial charge on any atom is -0.366 e. The smallest absolute Gasteiger partial charge is 0.149 e. The maximum absolute atomic E-state index is 14.2.